The molecule has 0 saturated heterocycles. The van der Waals surface area contributed by atoms with E-state index in [1.54, 1.807) is 0 Å². The average Bonchev–Trinajstić information content (AvgIpc) is 2.97. The minimum Gasteiger partial charge on any atom is -0.480 e. The molecule has 1 saturated carbocycles. The van der Waals surface area contributed by atoms with Crippen LogP contribution in [0.1, 0.15) is 26.2 Å². The molecule has 1 amide bonds. The number of nitrogens with one attached hydrogen (secondary N) is 1. The zero-order chi connectivity index (χ0) is 12.1. The molecule has 6 nitrogen and oxygen atoms in total. The molecule has 16 heavy (non-hydrogen) atoms. The van der Waals surface area contributed by atoms with Crippen molar-refractivity contribution < 1.29 is 24.2 Å². The molecule has 90 valence electrons. The molecule has 0 aromatic rings. The highest BCUT2D eigenvalue weighted by Gasteiger charge is 2.30. The fourth-order valence-corrected chi connectivity index (χ4v) is 1.31. The zero-order valence-electron chi connectivity index (χ0n) is 9.06. The van der Waals surface area contributed by atoms with Gasteiger partial charge in [-0.25, -0.2) is 4.79 Å². The van der Waals surface area contributed by atoms with Crippen molar-refractivity contribution in [3.05, 3.63) is 0 Å². The highest BCUT2D eigenvalue weighted by atomic mass is 16.5. The second kappa shape index (κ2) is 5.48. The average molecular weight is 229 g/mol. The van der Waals surface area contributed by atoms with Crippen LogP contribution < -0.4 is 5.32 Å². The molecule has 0 bridgehead atoms. The molecule has 1 aliphatic carbocycles. The van der Waals surface area contributed by atoms with Crippen molar-refractivity contribution in [1.82, 2.24) is 5.32 Å². The van der Waals surface area contributed by atoms with Crippen LogP contribution in [0.2, 0.25) is 0 Å². The van der Waals surface area contributed by atoms with E-state index in [1.807, 2.05) is 0 Å². The highest BCUT2D eigenvalue weighted by Crippen LogP contribution is 2.33. The molecule has 0 radical (unpaired) electrons. The van der Waals surface area contributed by atoms with E-state index < -0.39 is 30.5 Å². The third-order valence-electron chi connectivity index (χ3n) is 2.31. The van der Waals surface area contributed by atoms with Crippen molar-refractivity contribution >= 4 is 17.8 Å². The quantitative estimate of drug-likeness (QED) is 0.621. The Morgan fingerprint density at radius 1 is 1.44 bits per heavy atom. The summed E-state index contributed by atoms with van der Waals surface area (Å²) in [4.78, 5) is 32.5. The van der Waals surface area contributed by atoms with E-state index in [9.17, 15) is 14.4 Å². The molecule has 1 atom stereocenters. The summed E-state index contributed by atoms with van der Waals surface area (Å²) in [6.45, 7) is 0.760. The van der Waals surface area contributed by atoms with Gasteiger partial charge in [-0.15, -0.1) is 0 Å². The van der Waals surface area contributed by atoms with Crippen molar-refractivity contribution in [1.29, 1.82) is 0 Å². The number of amides is 1. The van der Waals surface area contributed by atoms with Gasteiger partial charge < -0.3 is 15.2 Å². The number of esters is 1. The van der Waals surface area contributed by atoms with Gasteiger partial charge in [-0.3, -0.25) is 9.59 Å². The second-order valence-electron chi connectivity index (χ2n) is 3.92. The summed E-state index contributed by atoms with van der Waals surface area (Å²) < 4.78 is 4.46. The fraction of sp³-hybridized carbons (Fsp3) is 0.700. The maximum Gasteiger partial charge on any atom is 0.326 e. The third kappa shape index (κ3) is 4.77. The Bertz CT molecular complexity index is 298. The number of aliphatic carboxylic acids is 1. The molecular weight excluding hydrogens is 214 g/mol. The summed E-state index contributed by atoms with van der Waals surface area (Å²) >= 11 is 0. The molecule has 1 rings (SSSR count). The summed E-state index contributed by atoms with van der Waals surface area (Å²) in [7, 11) is 0. The van der Waals surface area contributed by atoms with Crippen molar-refractivity contribution in [3.63, 3.8) is 0 Å². The Hall–Kier alpha value is -1.59. The lowest BCUT2D eigenvalue weighted by molar-refractivity contribution is -0.148. The number of hydrogen-bond acceptors (Lipinski definition) is 4. The van der Waals surface area contributed by atoms with E-state index in [4.69, 9.17) is 5.11 Å². The van der Waals surface area contributed by atoms with Gasteiger partial charge >= 0.3 is 11.9 Å². The molecule has 6 heteroatoms. The zero-order valence-corrected chi connectivity index (χ0v) is 9.06. The van der Waals surface area contributed by atoms with Gasteiger partial charge in [0, 0.05) is 6.92 Å². The molecule has 1 aliphatic rings. The molecule has 0 heterocycles. The van der Waals surface area contributed by atoms with Crippen LogP contribution in [0, 0.1) is 5.92 Å². The molecule has 0 unspecified atom stereocenters. The van der Waals surface area contributed by atoms with E-state index in [2.05, 4.69) is 10.1 Å². The van der Waals surface area contributed by atoms with Crippen LogP contribution in [-0.2, 0) is 19.1 Å². The Kier molecular flexibility index (Phi) is 4.28. The van der Waals surface area contributed by atoms with Crippen LogP contribution in [0.3, 0.4) is 0 Å². The van der Waals surface area contributed by atoms with E-state index >= 15 is 0 Å². The number of carbonyl (C=O) groups excluding carboxylic acids is 2. The van der Waals surface area contributed by atoms with Crippen molar-refractivity contribution in [2.75, 3.05) is 6.61 Å². The lowest BCUT2D eigenvalue weighted by Gasteiger charge is -2.13. The standard InChI is InChI=1S/C10H15NO5/c1-6(12)16-5-9(13)11-8(10(14)15)4-7-2-3-7/h7-8H,2-5H2,1H3,(H,11,13)(H,14,15)/t8-/m0/s1. The molecule has 0 aromatic carbocycles. The SMILES string of the molecule is CC(=O)OCC(=O)N[C@@H](CC1CC1)C(=O)O. The van der Waals surface area contributed by atoms with Crippen LogP contribution in [-0.4, -0.2) is 35.6 Å². The van der Waals surface area contributed by atoms with Gasteiger partial charge in [0.25, 0.3) is 5.91 Å². The van der Waals surface area contributed by atoms with Crippen molar-refractivity contribution in [2.24, 2.45) is 5.92 Å². The largest absolute Gasteiger partial charge is 0.480 e. The minimum absolute atomic E-state index is 0.398. The van der Waals surface area contributed by atoms with E-state index in [-0.39, 0.29) is 0 Å². The van der Waals surface area contributed by atoms with E-state index in [0.29, 0.717) is 12.3 Å². The molecular formula is C10H15NO5. The first-order valence-electron chi connectivity index (χ1n) is 5.14. The van der Waals surface area contributed by atoms with Crippen LogP contribution >= 0.6 is 0 Å². The predicted octanol–water partition coefficient (Wildman–Crippen LogP) is -0.0810. The summed E-state index contributed by atoms with van der Waals surface area (Å²) in [5.41, 5.74) is 0. The minimum atomic E-state index is -1.05. The lowest BCUT2D eigenvalue weighted by Crippen LogP contribution is -2.43. The Morgan fingerprint density at radius 3 is 2.50 bits per heavy atom. The number of ether oxygens (including phenoxy) is 1. The van der Waals surface area contributed by atoms with Crippen molar-refractivity contribution in [3.8, 4) is 0 Å². The first-order chi connectivity index (χ1) is 7.49. The molecule has 0 aromatic heterocycles. The first kappa shape index (κ1) is 12.5. The maximum atomic E-state index is 11.2. The summed E-state index contributed by atoms with van der Waals surface area (Å²) in [6.07, 6.45) is 2.48. The molecule has 0 spiro atoms. The van der Waals surface area contributed by atoms with Crippen LogP contribution in [0.25, 0.3) is 0 Å². The fourth-order valence-electron chi connectivity index (χ4n) is 1.31. The molecule has 2 N–H and O–H groups in total. The monoisotopic (exact) mass is 229 g/mol. The molecule has 1 fully saturated rings. The Morgan fingerprint density at radius 2 is 2.06 bits per heavy atom. The highest BCUT2D eigenvalue weighted by molar-refractivity contribution is 5.85. The maximum absolute atomic E-state index is 11.2. The van der Waals surface area contributed by atoms with Gasteiger partial charge in [0.1, 0.15) is 6.04 Å². The van der Waals surface area contributed by atoms with E-state index in [1.165, 1.54) is 6.92 Å². The number of carboxylic acid groups (broad SMARTS) is 1. The summed E-state index contributed by atoms with van der Waals surface area (Å²) in [5.74, 6) is -1.80. The van der Waals surface area contributed by atoms with Gasteiger partial charge in [-0.05, 0) is 12.3 Å². The van der Waals surface area contributed by atoms with Gasteiger partial charge in [0.05, 0.1) is 0 Å². The van der Waals surface area contributed by atoms with Crippen LogP contribution in [0.4, 0.5) is 0 Å². The van der Waals surface area contributed by atoms with Crippen LogP contribution in [0.5, 0.6) is 0 Å². The summed E-state index contributed by atoms with van der Waals surface area (Å²) in [5, 5.41) is 11.2. The smallest absolute Gasteiger partial charge is 0.326 e. The Balaban J connectivity index is 2.31. The number of carboxylic acids is 1. The third-order valence-corrected chi connectivity index (χ3v) is 2.31. The van der Waals surface area contributed by atoms with Crippen molar-refractivity contribution in [2.45, 2.75) is 32.2 Å². The Labute approximate surface area is 93.0 Å². The predicted molar refractivity (Wildman–Crippen MR) is 53.5 cm³/mol. The lowest BCUT2D eigenvalue weighted by atomic mass is 10.1. The topological polar surface area (TPSA) is 92.7 Å². The number of hydrogen-bond donors (Lipinski definition) is 2. The normalized spacial score (nSPS) is 16.3. The van der Waals surface area contributed by atoms with Gasteiger partial charge in [0.2, 0.25) is 0 Å². The second-order valence-corrected chi connectivity index (χ2v) is 3.92. The van der Waals surface area contributed by atoms with Crippen LogP contribution in [0.15, 0.2) is 0 Å². The van der Waals surface area contributed by atoms with Gasteiger partial charge in [-0.2, -0.15) is 0 Å². The number of rotatable bonds is 6. The van der Waals surface area contributed by atoms with E-state index in [0.717, 1.165) is 12.8 Å². The summed E-state index contributed by atoms with van der Waals surface area (Å²) in [6, 6.07) is -0.879. The first-order valence-corrected chi connectivity index (χ1v) is 5.14. The van der Waals surface area contributed by atoms with Gasteiger partial charge in [0.15, 0.2) is 6.61 Å². The number of carbonyl (C=O) groups is 3. The molecule has 0 aliphatic heterocycles. The van der Waals surface area contributed by atoms with Gasteiger partial charge in [-0.1, -0.05) is 12.8 Å².